The van der Waals surface area contributed by atoms with Crippen LogP contribution in [-0.4, -0.2) is 5.91 Å². The fourth-order valence-electron chi connectivity index (χ4n) is 1.85. The summed E-state index contributed by atoms with van der Waals surface area (Å²) in [6, 6.07) is 10.8. The second kappa shape index (κ2) is 5.45. The van der Waals surface area contributed by atoms with Gasteiger partial charge in [-0.3, -0.25) is 4.79 Å². The molecule has 3 nitrogen and oxygen atoms in total. The Hall–Kier alpha value is -1.81. The van der Waals surface area contributed by atoms with Crippen LogP contribution >= 0.6 is 15.9 Å². The van der Waals surface area contributed by atoms with Gasteiger partial charge in [0.2, 0.25) is 0 Å². The third-order valence-corrected chi connectivity index (χ3v) is 4.04. The summed E-state index contributed by atoms with van der Waals surface area (Å²) < 4.78 is 6.82. The van der Waals surface area contributed by atoms with E-state index in [1.54, 1.807) is 24.3 Å². The van der Waals surface area contributed by atoms with E-state index in [9.17, 15) is 4.79 Å². The highest BCUT2D eigenvalue weighted by atomic mass is 79.9. The number of primary amides is 1. The van der Waals surface area contributed by atoms with Crippen molar-refractivity contribution in [2.24, 2.45) is 5.73 Å². The summed E-state index contributed by atoms with van der Waals surface area (Å²) in [7, 11) is 0. The van der Waals surface area contributed by atoms with Crippen molar-refractivity contribution in [2.45, 2.75) is 13.8 Å². The highest BCUT2D eigenvalue weighted by Crippen LogP contribution is 2.30. The first-order valence-corrected chi connectivity index (χ1v) is 6.62. The summed E-state index contributed by atoms with van der Waals surface area (Å²) >= 11 is 3.51. The molecule has 0 atom stereocenters. The fourth-order valence-corrected chi connectivity index (χ4v) is 2.08. The number of carbonyl (C=O) groups is 1. The number of benzene rings is 2. The van der Waals surface area contributed by atoms with Gasteiger partial charge in [0, 0.05) is 4.47 Å². The minimum atomic E-state index is -0.499. The summed E-state index contributed by atoms with van der Waals surface area (Å²) in [6.07, 6.45) is 0. The molecule has 0 saturated heterocycles. The average molecular weight is 320 g/mol. The number of amides is 1. The van der Waals surface area contributed by atoms with E-state index in [2.05, 4.69) is 15.9 Å². The molecule has 0 unspecified atom stereocenters. The van der Waals surface area contributed by atoms with Crippen LogP contribution in [-0.2, 0) is 0 Å². The van der Waals surface area contributed by atoms with Crippen LogP contribution in [0.2, 0.25) is 0 Å². The lowest BCUT2D eigenvalue weighted by Gasteiger charge is -2.11. The number of aryl methyl sites for hydroxylation is 2. The molecule has 98 valence electrons. The number of hydrogen-bond acceptors (Lipinski definition) is 2. The summed E-state index contributed by atoms with van der Waals surface area (Å²) in [6.45, 7) is 3.98. The minimum absolute atomic E-state index is 0.376. The van der Waals surface area contributed by atoms with Crippen LogP contribution in [0, 0.1) is 13.8 Å². The maximum absolute atomic E-state index is 11.3. The number of rotatable bonds is 3. The number of hydrogen-bond donors (Lipinski definition) is 1. The Bertz CT molecular complexity index is 615. The number of halogens is 1. The third kappa shape index (κ3) is 2.96. The summed E-state index contributed by atoms with van der Waals surface area (Å²) in [5.74, 6) is 0.657. The number of para-hydroxylation sites is 1. The van der Waals surface area contributed by atoms with E-state index < -0.39 is 5.91 Å². The molecule has 2 rings (SSSR count). The van der Waals surface area contributed by atoms with Crippen molar-refractivity contribution in [2.75, 3.05) is 0 Å². The zero-order chi connectivity index (χ0) is 14.0. The Kier molecular flexibility index (Phi) is 3.90. The normalized spacial score (nSPS) is 10.3. The Labute approximate surface area is 120 Å². The second-order valence-corrected chi connectivity index (χ2v) is 5.13. The lowest BCUT2D eigenvalue weighted by atomic mass is 10.1. The van der Waals surface area contributed by atoms with Crippen molar-refractivity contribution < 1.29 is 9.53 Å². The van der Waals surface area contributed by atoms with Gasteiger partial charge < -0.3 is 10.5 Å². The monoisotopic (exact) mass is 319 g/mol. The molecule has 0 radical (unpaired) electrons. The predicted molar refractivity (Wildman–Crippen MR) is 78.6 cm³/mol. The molecule has 0 saturated carbocycles. The van der Waals surface area contributed by atoms with Gasteiger partial charge in [0.05, 0.1) is 5.56 Å². The van der Waals surface area contributed by atoms with E-state index in [0.717, 1.165) is 15.6 Å². The van der Waals surface area contributed by atoms with Crippen LogP contribution in [0.25, 0.3) is 0 Å². The van der Waals surface area contributed by atoms with Crippen LogP contribution in [0.5, 0.6) is 11.5 Å². The summed E-state index contributed by atoms with van der Waals surface area (Å²) in [4.78, 5) is 11.3. The van der Waals surface area contributed by atoms with Crippen molar-refractivity contribution in [1.29, 1.82) is 0 Å². The first-order chi connectivity index (χ1) is 8.99. The third-order valence-electron chi connectivity index (χ3n) is 2.79. The molecule has 0 aliphatic heterocycles. The summed E-state index contributed by atoms with van der Waals surface area (Å²) in [5.41, 5.74) is 7.85. The lowest BCUT2D eigenvalue weighted by molar-refractivity contribution is 0.0998. The Morgan fingerprint density at radius 3 is 2.32 bits per heavy atom. The van der Waals surface area contributed by atoms with E-state index in [1.165, 1.54) is 0 Å². The quantitative estimate of drug-likeness (QED) is 0.931. The Morgan fingerprint density at radius 2 is 1.74 bits per heavy atom. The molecule has 1 amide bonds. The van der Waals surface area contributed by atoms with Gasteiger partial charge in [-0.2, -0.15) is 0 Å². The van der Waals surface area contributed by atoms with Gasteiger partial charge in [-0.1, -0.05) is 28.1 Å². The average Bonchev–Trinajstić information content (AvgIpc) is 2.36. The minimum Gasteiger partial charge on any atom is -0.457 e. The molecular weight excluding hydrogens is 306 g/mol. The van der Waals surface area contributed by atoms with Crippen LogP contribution in [0.1, 0.15) is 21.5 Å². The molecular formula is C15H14BrNO2. The summed E-state index contributed by atoms with van der Waals surface area (Å²) in [5, 5.41) is 0. The van der Waals surface area contributed by atoms with Gasteiger partial charge in [0.1, 0.15) is 11.5 Å². The van der Waals surface area contributed by atoms with Crippen LogP contribution in [0.15, 0.2) is 40.9 Å². The first kappa shape index (κ1) is 13.6. The standard InChI is InChI=1S/C15H14BrNO2/c1-9-7-11(8-10(2)14(9)16)19-13-6-4-3-5-12(13)15(17)18/h3-8H,1-2H3,(H2,17,18). The van der Waals surface area contributed by atoms with Gasteiger partial charge in [-0.25, -0.2) is 0 Å². The smallest absolute Gasteiger partial charge is 0.252 e. The highest BCUT2D eigenvalue weighted by Gasteiger charge is 2.10. The number of ether oxygens (including phenoxy) is 1. The molecule has 0 aliphatic carbocycles. The van der Waals surface area contributed by atoms with Gasteiger partial charge >= 0.3 is 0 Å². The molecule has 0 aliphatic rings. The van der Waals surface area contributed by atoms with Crippen molar-refractivity contribution in [3.63, 3.8) is 0 Å². The zero-order valence-corrected chi connectivity index (χ0v) is 12.3. The molecule has 0 bridgehead atoms. The van der Waals surface area contributed by atoms with E-state index >= 15 is 0 Å². The SMILES string of the molecule is Cc1cc(Oc2ccccc2C(N)=O)cc(C)c1Br. The second-order valence-electron chi connectivity index (χ2n) is 4.33. The largest absolute Gasteiger partial charge is 0.457 e. The molecule has 4 heteroatoms. The zero-order valence-electron chi connectivity index (χ0n) is 10.7. The van der Waals surface area contributed by atoms with Gasteiger partial charge in [0.25, 0.3) is 5.91 Å². The highest BCUT2D eigenvalue weighted by molar-refractivity contribution is 9.10. The van der Waals surface area contributed by atoms with Crippen LogP contribution in [0.4, 0.5) is 0 Å². The molecule has 2 N–H and O–H groups in total. The van der Waals surface area contributed by atoms with E-state index in [1.807, 2.05) is 26.0 Å². The van der Waals surface area contributed by atoms with Crippen molar-refractivity contribution in [1.82, 2.24) is 0 Å². The fraction of sp³-hybridized carbons (Fsp3) is 0.133. The molecule has 0 spiro atoms. The Balaban J connectivity index is 2.39. The van der Waals surface area contributed by atoms with Crippen molar-refractivity contribution >= 4 is 21.8 Å². The molecule has 0 heterocycles. The Morgan fingerprint density at radius 1 is 1.16 bits per heavy atom. The number of nitrogens with two attached hydrogens (primary N) is 1. The topological polar surface area (TPSA) is 52.3 Å². The van der Waals surface area contributed by atoms with Gasteiger partial charge in [-0.05, 0) is 49.2 Å². The number of carbonyl (C=O) groups excluding carboxylic acids is 1. The van der Waals surface area contributed by atoms with Gasteiger partial charge in [0.15, 0.2) is 0 Å². The maximum Gasteiger partial charge on any atom is 0.252 e. The van der Waals surface area contributed by atoms with E-state index in [0.29, 0.717) is 17.1 Å². The van der Waals surface area contributed by atoms with Gasteiger partial charge in [-0.15, -0.1) is 0 Å². The van der Waals surface area contributed by atoms with Crippen molar-refractivity contribution in [3.8, 4) is 11.5 Å². The van der Waals surface area contributed by atoms with Crippen molar-refractivity contribution in [3.05, 3.63) is 57.6 Å². The molecule has 0 fully saturated rings. The van der Waals surface area contributed by atoms with Crippen LogP contribution < -0.4 is 10.5 Å². The van der Waals surface area contributed by atoms with E-state index in [-0.39, 0.29) is 0 Å². The molecule has 2 aromatic rings. The molecule has 19 heavy (non-hydrogen) atoms. The molecule has 2 aromatic carbocycles. The lowest BCUT2D eigenvalue weighted by Crippen LogP contribution is -2.12. The van der Waals surface area contributed by atoms with E-state index in [4.69, 9.17) is 10.5 Å². The van der Waals surface area contributed by atoms with Crippen LogP contribution in [0.3, 0.4) is 0 Å². The predicted octanol–water partition coefficient (Wildman–Crippen LogP) is 3.96. The maximum atomic E-state index is 11.3. The molecule has 0 aromatic heterocycles. The first-order valence-electron chi connectivity index (χ1n) is 5.82.